The average molecular weight is 279 g/mol. The minimum absolute atomic E-state index is 0.492. The van der Waals surface area contributed by atoms with Crippen molar-refractivity contribution in [1.29, 1.82) is 0 Å². The van der Waals surface area contributed by atoms with Crippen LogP contribution in [0.4, 0.5) is 0 Å². The molecule has 0 aliphatic carbocycles. The summed E-state index contributed by atoms with van der Waals surface area (Å²) in [5, 5.41) is 9.71. The van der Waals surface area contributed by atoms with Gasteiger partial charge in [0, 0.05) is 0 Å². The molecule has 0 saturated heterocycles. The van der Waals surface area contributed by atoms with Gasteiger partial charge in [-0.2, -0.15) is 0 Å². The van der Waals surface area contributed by atoms with E-state index in [0.29, 0.717) is 43.4 Å². The number of fused-ring (bicyclic) bond motifs is 1. The predicted molar refractivity (Wildman–Crippen MR) is 75.3 cm³/mol. The second kappa shape index (κ2) is 5.71. The van der Waals surface area contributed by atoms with Crippen molar-refractivity contribution in [3.05, 3.63) is 23.8 Å². The van der Waals surface area contributed by atoms with Crippen molar-refractivity contribution in [3.63, 3.8) is 0 Å². The molecule has 1 heterocycles. The highest BCUT2D eigenvalue weighted by Crippen LogP contribution is 2.36. The van der Waals surface area contributed by atoms with E-state index in [1.807, 2.05) is 18.7 Å². The van der Waals surface area contributed by atoms with Crippen molar-refractivity contribution in [2.75, 3.05) is 26.3 Å². The number of nitrogens with zero attached hydrogens (tertiary/aromatic N) is 1. The number of benzene rings is 1. The van der Waals surface area contributed by atoms with Gasteiger partial charge in [-0.05, 0) is 37.7 Å². The summed E-state index contributed by atoms with van der Waals surface area (Å²) in [4.78, 5) is 13.8. The molecule has 1 aromatic rings. The van der Waals surface area contributed by atoms with E-state index in [1.165, 1.54) is 0 Å². The lowest BCUT2D eigenvalue weighted by Gasteiger charge is -2.37. The first-order valence-electron chi connectivity index (χ1n) is 6.92. The summed E-state index contributed by atoms with van der Waals surface area (Å²) in [6.45, 7) is 7.99. The Bertz CT molecular complexity index is 499. The molecule has 1 atom stereocenters. The van der Waals surface area contributed by atoms with Crippen LogP contribution in [0.3, 0.4) is 0 Å². The van der Waals surface area contributed by atoms with Gasteiger partial charge >= 0.3 is 5.97 Å². The number of carboxylic acids is 1. The molecular formula is C15H21NO4. The van der Waals surface area contributed by atoms with E-state index < -0.39 is 11.5 Å². The third kappa shape index (κ3) is 2.33. The van der Waals surface area contributed by atoms with Gasteiger partial charge in [-0.25, -0.2) is 4.79 Å². The fourth-order valence-electron chi connectivity index (χ4n) is 2.64. The number of ether oxygens (including phenoxy) is 2. The fraction of sp³-hybridized carbons (Fsp3) is 0.533. The van der Waals surface area contributed by atoms with Crippen molar-refractivity contribution >= 4 is 5.97 Å². The van der Waals surface area contributed by atoms with E-state index in [2.05, 4.69) is 0 Å². The lowest BCUT2D eigenvalue weighted by Crippen LogP contribution is -2.49. The molecule has 0 bridgehead atoms. The summed E-state index contributed by atoms with van der Waals surface area (Å²) in [5.41, 5.74) is -0.364. The smallest absolute Gasteiger partial charge is 0.328 e. The molecule has 0 radical (unpaired) electrons. The number of carboxylic acid groups (broad SMARTS) is 1. The van der Waals surface area contributed by atoms with Crippen molar-refractivity contribution in [2.45, 2.75) is 26.3 Å². The Labute approximate surface area is 119 Å². The van der Waals surface area contributed by atoms with Crippen molar-refractivity contribution < 1.29 is 19.4 Å². The number of aliphatic carboxylic acids is 1. The molecule has 0 aromatic heterocycles. The van der Waals surface area contributed by atoms with Gasteiger partial charge in [0.15, 0.2) is 11.5 Å². The standard InChI is InChI=1S/C15H21NO4/c1-4-16(5-2)15(3,14(17)18)11-6-7-12-13(10-11)20-9-8-19-12/h6-7,10H,4-5,8-9H2,1-3H3,(H,17,18). The first-order chi connectivity index (χ1) is 9.53. The zero-order valence-electron chi connectivity index (χ0n) is 12.2. The molecule has 5 heteroatoms. The quantitative estimate of drug-likeness (QED) is 0.894. The van der Waals surface area contributed by atoms with Crippen LogP contribution in [0.2, 0.25) is 0 Å². The Morgan fingerprint density at radius 1 is 1.25 bits per heavy atom. The Hall–Kier alpha value is -1.75. The van der Waals surface area contributed by atoms with Gasteiger partial charge < -0.3 is 14.6 Å². The van der Waals surface area contributed by atoms with E-state index in [0.717, 1.165) is 0 Å². The van der Waals surface area contributed by atoms with Crippen LogP contribution in [0.1, 0.15) is 26.3 Å². The number of rotatable bonds is 5. The third-order valence-corrected chi connectivity index (χ3v) is 3.92. The summed E-state index contributed by atoms with van der Waals surface area (Å²) in [6.07, 6.45) is 0. The molecule has 1 N–H and O–H groups in total. The SMILES string of the molecule is CCN(CC)C(C)(C(=O)O)c1ccc2c(c1)OCCO2. The van der Waals surface area contributed by atoms with Crippen molar-refractivity contribution in [1.82, 2.24) is 4.90 Å². The highest BCUT2D eigenvalue weighted by atomic mass is 16.6. The maximum Gasteiger partial charge on any atom is 0.328 e. The average Bonchev–Trinajstić information content (AvgIpc) is 2.47. The summed E-state index contributed by atoms with van der Waals surface area (Å²) >= 11 is 0. The molecule has 1 aromatic carbocycles. The van der Waals surface area contributed by atoms with Gasteiger partial charge in [-0.1, -0.05) is 19.9 Å². The van der Waals surface area contributed by atoms with Crippen LogP contribution in [0, 0.1) is 0 Å². The summed E-state index contributed by atoms with van der Waals surface area (Å²) in [6, 6.07) is 5.37. The zero-order valence-corrected chi connectivity index (χ0v) is 12.2. The van der Waals surface area contributed by atoms with Crippen LogP contribution in [0.15, 0.2) is 18.2 Å². The molecular weight excluding hydrogens is 258 g/mol. The van der Waals surface area contributed by atoms with Crippen molar-refractivity contribution in [2.24, 2.45) is 0 Å². The highest BCUT2D eigenvalue weighted by Gasteiger charge is 2.40. The molecule has 0 fully saturated rings. The monoisotopic (exact) mass is 279 g/mol. The number of hydrogen-bond donors (Lipinski definition) is 1. The molecule has 0 saturated carbocycles. The maximum atomic E-state index is 11.8. The summed E-state index contributed by atoms with van der Waals surface area (Å²) in [7, 11) is 0. The Balaban J connectivity index is 2.46. The van der Waals surface area contributed by atoms with Crippen LogP contribution in [0.25, 0.3) is 0 Å². The van der Waals surface area contributed by atoms with Crippen LogP contribution >= 0.6 is 0 Å². The minimum atomic E-state index is -1.07. The summed E-state index contributed by atoms with van der Waals surface area (Å²) in [5.74, 6) is 0.429. The topological polar surface area (TPSA) is 59.0 Å². The predicted octanol–water partition coefficient (Wildman–Crippen LogP) is 2.10. The third-order valence-electron chi connectivity index (χ3n) is 3.92. The maximum absolute atomic E-state index is 11.8. The summed E-state index contributed by atoms with van der Waals surface area (Å²) < 4.78 is 11.0. The van der Waals surface area contributed by atoms with Gasteiger partial charge in [0.2, 0.25) is 0 Å². The van der Waals surface area contributed by atoms with Crippen LogP contribution in [-0.2, 0) is 10.3 Å². The first kappa shape index (κ1) is 14.7. The number of hydrogen-bond acceptors (Lipinski definition) is 4. The van der Waals surface area contributed by atoms with E-state index in [1.54, 1.807) is 25.1 Å². The largest absolute Gasteiger partial charge is 0.486 e. The lowest BCUT2D eigenvalue weighted by molar-refractivity contribution is -0.151. The van der Waals surface area contributed by atoms with Gasteiger partial charge in [-0.15, -0.1) is 0 Å². The van der Waals surface area contributed by atoms with Crippen LogP contribution < -0.4 is 9.47 Å². The number of likely N-dealkylation sites (N-methyl/N-ethyl adjacent to an activating group) is 1. The molecule has 1 aliphatic heterocycles. The normalized spacial score (nSPS) is 16.8. The van der Waals surface area contributed by atoms with E-state index >= 15 is 0 Å². The van der Waals surface area contributed by atoms with E-state index in [4.69, 9.17) is 9.47 Å². The molecule has 0 amide bonds. The highest BCUT2D eigenvalue weighted by molar-refractivity contribution is 5.80. The zero-order chi connectivity index (χ0) is 14.8. The molecule has 0 spiro atoms. The molecule has 20 heavy (non-hydrogen) atoms. The second-order valence-corrected chi connectivity index (χ2v) is 4.91. The number of carbonyl (C=O) groups is 1. The minimum Gasteiger partial charge on any atom is -0.486 e. The second-order valence-electron chi connectivity index (χ2n) is 4.91. The molecule has 1 unspecified atom stereocenters. The Morgan fingerprint density at radius 2 is 1.85 bits per heavy atom. The van der Waals surface area contributed by atoms with Crippen LogP contribution in [-0.4, -0.2) is 42.3 Å². The van der Waals surface area contributed by atoms with Crippen LogP contribution in [0.5, 0.6) is 11.5 Å². The molecule has 110 valence electrons. The Morgan fingerprint density at radius 3 is 2.40 bits per heavy atom. The van der Waals surface area contributed by atoms with Gasteiger partial charge in [0.05, 0.1) is 0 Å². The fourth-order valence-corrected chi connectivity index (χ4v) is 2.64. The lowest BCUT2D eigenvalue weighted by atomic mass is 9.89. The Kier molecular flexibility index (Phi) is 4.18. The molecule has 5 nitrogen and oxygen atoms in total. The van der Waals surface area contributed by atoms with Gasteiger partial charge in [0.1, 0.15) is 18.8 Å². The van der Waals surface area contributed by atoms with E-state index in [-0.39, 0.29) is 0 Å². The van der Waals surface area contributed by atoms with Gasteiger partial charge in [-0.3, -0.25) is 4.90 Å². The molecule has 2 rings (SSSR count). The first-order valence-corrected chi connectivity index (χ1v) is 6.92. The van der Waals surface area contributed by atoms with E-state index in [9.17, 15) is 9.90 Å². The van der Waals surface area contributed by atoms with Gasteiger partial charge in [0.25, 0.3) is 0 Å². The van der Waals surface area contributed by atoms with Crippen molar-refractivity contribution in [3.8, 4) is 11.5 Å². The molecule has 1 aliphatic rings.